The zero-order valence-electron chi connectivity index (χ0n) is 19.9. The van der Waals surface area contributed by atoms with E-state index in [9.17, 15) is 23.9 Å². The maximum Gasteiger partial charge on any atom is 0.353 e. The monoisotopic (exact) mass is 589 g/mol. The van der Waals surface area contributed by atoms with Crippen LogP contribution in [0.15, 0.2) is 68.8 Å². The summed E-state index contributed by atoms with van der Waals surface area (Å²) in [6.45, 7) is -1.19. The van der Waals surface area contributed by atoms with E-state index in [1.807, 2.05) is 30.3 Å². The Kier molecular flexibility index (Phi) is 7.85. The lowest BCUT2D eigenvalue weighted by molar-refractivity contribution is -0.150. The highest BCUT2D eigenvalue weighted by Gasteiger charge is 2.54. The Morgan fingerprint density at radius 2 is 2.10 bits per heavy atom. The largest absolute Gasteiger partial charge is 0.477 e. The van der Waals surface area contributed by atoms with E-state index in [-0.39, 0.29) is 34.6 Å². The first-order chi connectivity index (χ1) is 18.9. The van der Waals surface area contributed by atoms with Crippen molar-refractivity contribution in [3.63, 3.8) is 0 Å². The standard InChI is InChI=1S/C23H20FN7O5S3/c24-7-9-36-29-16(13-10-38-23(25)27-13)19(32)28-17-20(33)30-18(22(34)35)14(11-37-21(17)30)39-15-6-8-26-31(15)12-4-2-1-3-5-12/h1-6,8,10,17,21H,7,9,11H2,(H2,25,27)(H,28,32)(H,34,35)/b29-16+/t17-,21-/m1/s1. The summed E-state index contributed by atoms with van der Waals surface area (Å²) in [6, 6.07) is 10.1. The minimum Gasteiger partial charge on any atom is -0.477 e. The van der Waals surface area contributed by atoms with Crippen LogP contribution >= 0.6 is 34.9 Å². The number of nitrogens with two attached hydrogens (primary N) is 1. The molecule has 2 amide bonds. The molecule has 3 aromatic rings. The van der Waals surface area contributed by atoms with Crippen LogP contribution in [0.4, 0.5) is 9.52 Å². The number of carbonyl (C=O) groups is 3. The first-order valence-electron chi connectivity index (χ1n) is 11.4. The van der Waals surface area contributed by atoms with Crippen LogP contribution in [0.2, 0.25) is 0 Å². The Balaban J connectivity index is 1.35. The molecule has 202 valence electrons. The summed E-state index contributed by atoms with van der Waals surface area (Å²) in [4.78, 5) is 48.9. The Morgan fingerprint density at radius 1 is 1.31 bits per heavy atom. The van der Waals surface area contributed by atoms with Gasteiger partial charge in [0.15, 0.2) is 10.8 Å². The molecule has 2 aliphatic heterocycles. The van der Waals surface area contributed by atoms with Crippen molar-refractivity contribution in [1.82, 2.24) is 25.0 Å². The van der Waals surface area contributed by atoms with Gasteiger partial charge in [-0.25, -0.2) is 18.9 Å². The molecule has 0 spiro atoms. The number of thioether (sulfide) groups is 2. The van der Waals surface area contributed by atoms with Gasteiger partial charge in [0.05, 0.1) is 11.9 Å². The van der Waals surface area contributed by atoms with Crippen molar-refractivity contribution in [1.29, 1.82) is 0 Å². The van der Waals surface area contributed by atoms with Gasteiger partial charge in [-0.2, -0.15) is 5.10 Å². The van der Waals surface area contributed by atoms with Crippen LogP contribution in [0.1, 0.15) is 5.69 Å². The topological polar surface area (TPSA) is 165 Å². The van der Waals surface area contributed by atoms with Crippen LogP contribution in [-0.2, 0) is 19.2 Å². The van der Waals surface area contributed by atoms with Crippen LogP contribution in [0, 0.1) is 0 Å². The van der Waals surface area contributed by atoms with Crippen LogP contribution in [-0.4, -0.2) is 78.7 Å². The first-order valence-corrected chi connectivity index (χ1v) is 14.1. The maximum atomic E-state index is 13.1. The third-order valence-corrected chi connectivity index (χ3v) is 8.80. The average molecular weight is 590 g/mol. The van der Waals surface area contributed by atoms with Crippen molar-refractivity contribution >= 4 is 63.5 Å². The molecule has 0 radical (unpaired) electrons. The number of benzene rings is 1. The summed E-state index contributed by atoms with van der Waals surface area (Å²) in [5, 5.41) is 22.3. The summed E-state index contributed by atoms with van der Waals surface area (Å²) in [6.07, 6.45) is 1.61. The number of nitrogens with zero attached hydrogens (tertiary/aromatic N) is 5. The zero-order valence-corrected chi connectivity index (χ0v) is 22.3. The third-order valence-electron chi connectivity index (χ3n) is 5.56. The predicted octanol–water partition coefficient (Wildman–Crippen LogP) is 2.09. The molecule has 12 nitrogen and oxygen atoms in total. The summed E-state index contributed by atoms with van der Waals surface area (Å²) in [7, 11) is 0. The van der Waals surface area contributed by atoms with Gasteiger partial charge in [-0.15, -0.1) is 23.1 Å². The predicted molar refractivity (Wildman–Crippen MR) is 144 cm³/mol. The molecule has 39 heavy (non-hydrogen) atoms. The second-order valence-electron chi connectivity index (χ2n) is 7.99. The molecule has 4 N–H and O–H groups in total. The van der Waals surface area contributed by atoms with E-state index in [0.29, 0.717) is 9.93 Å². The number of aromatic nitrogens is 3. The number of rotatable bonds is 10. The van der Waals surface area contributed by atoms with Crippen molar-refractivity contribution < 1.29 is 28.7 Å². The van der Waals surface area contributed by atoms with Crippen LogP contribution in [0.25, 0.3) is 5.69 Å². The second kappa shape index (κ2) is 11.5. The van der Waals surface area contributed by atoms with E-state index in [0.717, 1.165) is 17.0 Å². The maximum absolute atomic E-state index is 13.1. The van der Waals surface area contributed by atoms with Gasteiger partial charge in [-0.1, -0.05) is 35.1 Å². The number of oxime groups is 1. The van der Waals surface area contributed by atoms with Gasteiger partial charge in [-0.3, -0.25) is 14.5 Å². The smallest absolute Gasteiger partial charge is 0.353 e. The number of anilines is 1. The van der Waals surface area contributed by atoms with E-state index >= 15 is 0 Å². The fourth-order valence-corrected chi connectivity index (χ4v) is 6.97. The van der Waals surface area contributed by atoms with Gasteiger partial charge < -0.3 is 21.0 Å². The molecule has 4 heterocycles. The molecular formula is C23H20FN7O5S3. The molecule has 0 bridgehead atoms. The lowest BCUT2D eigenvalue weighted by Gasteiger charge is -2.49. The number of aliphatic carboxylic acids is 1. The Morgan fingerprint density at radius 3 is 2.79 bits per heavy atom. The molecule has 2 aliphatic rings. The number of carboxylic acids is 1. The molecule has 5 rings (SSSR count). The van der Waals surface area contributed by atoms with Crippen molar-refractivity contribution in [2.24, 2.45) is 5.16 Å². The van der Waals surface area contributed by atoms with Gasteiger partial charge >= 0.3 is 5.97 Å². The van der Waals surface area contributed by atoms with E-state index in [1.165, 1.54) is 33.8 Å². The number of nitrogens with one attached hydrogen (secondary N) is 1. The van der Waals surface area contributed by atoms with E-state index in [1.54, 1.807) is 16.9 Å². The quantitative estimate of drug-likeness (QED) is 0.138. The lowest BCUT2D eigenvalue weighted by Crippen LogP contribution is -2.71. The average Bonchev–Trinajstić information content (AvgIpc) is 3.58. The molecule has 0 saturated carbocycles. The fraction of sp³-hybridized carbons (Fsp3) is 0.217. The molecule has 2 aromatic heterocycles. The Bertz CT molecular complexity index is 1480. The number of β-lactam (4-membered cyclic amide) rings is 1. The minimum absolute atomic E-state index is 0.105. The number of carbonyl (C=O) groups excluding carboxylic acids is 2. The number of halogens is 1. The van der Waals surface area contributed by atoms with E-state index in [4.69, 9.17) is 10.6 Å². The highest BCUT2D eigenvalue weighted by molar-refractivity contribution is 8.06. The molecular weight excluding hydrogens is 569 g/mol. The number of para-hydroxylation sites is 1. The molecule has 1 fully saturated rings. The Labute approximate surface area is 233 Å². The molecule has 16 heteroatoms. The number of thiazole rings is 1. The van der Waals surface area contributed by atoms with Gasteiger partial charge in [0, 0.05) is 16.0 Å². The second-order valence-corrected chi connectivity index (χ2v) is 11.1. The van der Waals surface area contributed by atoms with Gasteiger partial charge in [0.25, 0.3) is 11.8 Å². The number of hydrogen-bond donors (Lipinski definition) is 3. The van der Waals surface area contributed by atoms with E-state index < -0.39 is 35.9 Å². The molecule has 0 unspecified atom stereocenters. The highest BCUT2D eigenvalue weighted by atomic mass is 32.2. The van der Waals surface area contributed by atoms with Gasteiger partial charge in [0.1, 0.15) is 41.1 Å². The van der Waals surface area contributed by atoms with Crippen LogP contribution < -0.4 is 11.1 Å². The summed E-state index contributed by atoms with van der Waals surface area (Å²) in [5.74, 6) is -2.34. The molecule has 0 aliphatic carbocycles. The normalized spacial score (nSPS) is 18.9. The van der Waals surface area contributed by atoms with Crippen molar-refractivity contribution in [3.05, 3.63) is 64.3 Å². The number of carboxylic acid groups (broad SMARTS) is 1. The number of amides is 2. The van der Waals surface area contributed by atoms with Crippen LogP contribution in [0.3, 0.4) is 0 Å². The lowest BCUT2D eigenvalue weighted by atomic mass is 10.0. The number of hydrogen-bond acceptors (Lipinski definition) is 11. The van der Waals surface area contributed by atoms with Crippen molar-refractivity contribution in [2.45, 2.75) is 16.4 Å². The molecule has 1 aromatic carbocycles. The highest BCUT2D eigenvalue weighted by Crippen LogP contribution is 2.45. The minimum atomic E-state index is -1.26. The van der Waals surface area contributed by atoms with E-state index in [2.05, 4.69) is 20.6 Å². The van der Waals surface area contributed by atoms with Gasteiger partial charge in [0.2, 0.25) is 0 Å². The van der Waals surface area contributed by atoms with Crippen LogP contribution in [0.5, 0.6) is 0 Å². The van der Waals surface area contributed by atoms with Crippen molar-refractivity contribution in [2.75, 3.05) is 24.8 Å². The summed E-state index contributed by atoms with van der Waals surface area (Å²) < 4.78 is 14.2. The van der Waals surface area contributed by atoms with Gasteiger partial charge in [-0.05, 0) is 18.2 Å². The number of nitrogen functional groups attached to an aromatic ring is 1. The molecule has 2 atom stereocenters. The summed E-state index contributed by atoms with van der Waals surface area (Å²) >= 11 is 3.60. The first kappa shape index (κ1) is 26.7. The summed E-state index contributed by atoms with van der Waals surface area (Å²) in [5.41, 5.74) is 6.15. The Hall–Kier alpha value is -3.89. The number of alkyl halides is 1. The van der Waals surface area contributed by atoms with Crippen molar-refractivity contribution in [3.8, 4) is 5.69 Å². The number of fused-ring (bicyclic) bond motifs is 1. The molecule has 1 saturated heterocycles. The SMILES string of the molecule is Nc1nc(/C(=N\OCCF)C(=O)N[C@@H]2C(=O)N3C(C(=O)O)=C(Sc4ccnn4-c4ccccc4)CS[C@H]23)cs1. The fourth-order valence-electron chi connectivity index (χ4n) is 3.88. The zero-order chi connectivity index (χ0) is 27.5. The third kappa shape index (κ3) is 5.35.